The second kappa shape index (κ2) is 6.24. The number of aromatic amines is 2. The first-order valence-electron chi connectivity index (χ1n) is 10.3. The van der Waals surface area contributed by atoms with Crippen molar-refractivity contribution in [3.63, 3.8) is 0 Å². The summed E-state index contributed by atoms with van der Waals surface area (Å²) in [6.45, 7) is 12.2. The van der Waals surface area contributed by atoms with E-state index in [1.807, 2.05) is 6.20 Å². The topological polar surface area (TPSA) is 57.4 Å². The lowest BCUT2D eigenvalue weighted by atomic mass is 9.62. The average Bonchev–Trinajstić information content (AvgIpc) is 3.21. The normalized spacial score (nSPS) is 26.4. The summed E-state index contributed by atoms with van der Waals surface area (Å²) in [6, 6.07) is 0. The van der Waals surface area contributed by atoms with E-state index >= 15 is 0 Å². The van der Waals surface area contributed by atoms with Gasteiger partial charge in [0.2, 0.25) is 0 Å². The van der Waals surface area contributed by atoms with Crippen LogP contribution >= 0.6 is 0 Å². The Morgan fingerprint density at radius 1 is 0.962 bits per heavy atom. The minimum absolute atomic E-state index is 0.327. The van der Waals surface area contributed by atoms with Crippen LogP contribution in [0.25, 0.3) is 0 Å². The second-order valence-corrected chi connectivity index (χ2v) is 10.5. The predicted molar refractivity (Wildman–Crippen MR) is 105 cm³/mol. The van der Waals surface area contributed by atoms with Gasteiger partial charge in [0, 0.05) is 11.4 Å². The van der Waals surface area contributed by atoms with Crippen LogP contribution in [0.2, 0.25) is 0 Å². The van der Waals surface area contributed by atoms with Gasteiger partial charge in [0.15, 0.2) is 0 Å². The maximum absolute atomic E-state index is 4.40. The third kappa shape index (κ3) is 3.23. The summed E-state index contributed by atoms with van der Waals surface area (Å²) in [7, 11) is 0. The Kier molecular flexibility index (Phi) is 4.28. The second-order valence-electron chi connectivity index (χ2n) is 10.5. The Morgan fingerprint density at radius 3 is 2.46 bits per heavy atom. The molecular formula is C22H34N4. The van der Waals surface area contributed by atoms with Crippen LogP contribution in [0.1, 0.15) is 82.3 Å². The van der Waals surface area contributed by atoms with Crippen molar-refractivity contribution in [1.29, 1.82) is 0 Å². The number of hydrogen-bond donors (Lipinski definition) is 2. The van der Waals surface area contributed by atoms with Gasteiger partial charge in [0.1, 0.15) is 0 Å². The third-order valence-corrected chi connectivity index (χ3v) is 7.33. The first kappa shape index (κ1) is 17.8. The Morgan fingerprint density at radius 2 is 1.69 bits per heavy atom. The van der Waals surface area contributed by atoms with Crippen LogP contribution < -0.4 is 0 Å². The molecule has 4 rings (SSSR count). The van der Waals surface area contributed by atoms with E-state index < -0.39 is 0 Å². The molecule has 4 nitrogen and oxygen atoms in total. The Labute approximate surface area is 157 Å². The molecule has 3 atom stereocenters. The number of hydrogen-bond acceptors (Lipinski definition) is 2. The zero-order valence-corrected chi connectivity index (χ0v) is 17.0. The van der Waals surface area contributed by atoms with Crippen LogP contribution in [0.4, 0.5) is 0 Å². The van der Waals surface area contributed by atoms with Crippen LogP contribution in [0.15, 0.2) is 12.4 Å². The van der Waals surface area contributed by atoms with Gasteiger partial charge in [-0.25, -0.2) is 0 Å². The number of nitrogens with one attached hydrogen (secondary N) is 2. The van der Waals surface area contributed by atoms with E-state index in [1.54, 1.807) is 0 Å². The first-order chi connectivity index (χ1) is 12.2. The molecule has 142 valence electrons. The molecule has 2 aliphatic carbocycles. The Bertz CT molecular complexity index is 761. The molecule has 0 bridgehead atoms. The molecule has 0 spiro atoms. The van der Waals surface area contributed by atoms with Crippen molar-refractivity contribution >= 4 is 0 Å². The van der Waals surface area contributed by atoms with Crippen molar-refractivity contribution in [3.8, 4) is 0 Å². The monoisotopic (exact) mass is 354 g/mol. The highest BCUT2D eigenvalue weighted by Gasteiger charge is 2.40. The molecule has 3 unspecified atom stereocenters. The summed E-state index contributed by atoms with van der Waals surface area (Å²) in [4.78, 5) is 0. The highest BCUT2D eigenvalue weighted by molar-refractivity contribution is 5.27. The first-order valence-corrected chi connectivity index (χ1v) is 10.3. The van der Waals surface area contributed by atoms with Gasteiger partial charge in [0.05, 0.1) is 12.4 Å². The number of rotatable bonds is 3. The van der Waals surface area contributed by atoms with Crippen LogP contribution in [0, 0.1) is 22.7 Å². The minimum atomic E-state index is 0.327. The van der Waals surface area contributed by atoms with Gasteiger partial charge in [0.25, 0.3) is 0 Å². The highest BCUT2D eigenvalue weighted by atomic mass is 15.1. The van der Waals surface area contributed by atoms with E-state index in [4.69, 9.17) is 0 Å². The molecule has 2 aromatic heterocycles. The predicted octanol–water partition coefficient (Wildman–Crippen LogP) is 5.05. The average molecular weight is 355 g/mol. The quantitative estimate of drug-likeness (QED) is 0.810. The molecule has 0 aliphatic heterocycles. The molecule has 0 saturated carbocycles. The summed E-state index contributed by atoms with van der Waals surface area (Å²) in [5.74, 6) is 2.09. The zero-order valence-electron chi connectivity index (χ0n) is 17.0. The molecule has 0 fully saturated rings. The van der Waals surface area contributed by atoms with Gasteiger partial charge >= 0.3 is 0 Å². The molecule has 2 aromatic rings. The summed E-state index contributed by atoms with van der Waals surface area (Å²) in [5, 5.41) is 15.1. The van der Waals surface area contributed by atoms with E-state index in [1.165, 1.54) is 48.2 Å². The van der Waals surface area contributed by atoms with Crippen molar-refractivity contribution in [3.05, 3.63) is 34.9 Å². The number of fused-ring (bicyclic) bond motifs is 2. The van der Waals surface area contributed by atoms with Crippen molar-refractivity contribution in [2.24, 2.45) is 22.7 Å². The third-order valence-electron chi connectivity index (χ3n) is 7.33. The molecular weight excluding hydrogens is 320 g/mol. The number of aromatic nitrogens is 4. The van der Waals surface area contributed by atoms with Gasteiger partial charge in [-0.2, -0.15) is 10.2 Å². The molecule has 0 aromatic carbocycles. The van der Waals surface area contributed by atoms with Crippen LogP contribution in [0.3, 0.4) is 0 Å². The lowest BCUT2D eigenvalue weighted by molar-refractivity contribution is 0.132. The number of nitrogens with zero attached hydrogens (tertiary/aromatic N) is 2. The van der Waals surface area contributed by atoms with Crippen LogP contribution in [-0.4, -0.2) is 20.4 Å². The van der Waals surface area contributed by atoms with Gasteiger partial charge in [-0.05, 0) is 78.2 Å². The molecule has 4 heteroatoms. The molecule has 26 heavy (non-hydrogen) atoms. The molecule has 2 aliphatic rings. The minimum Gasteiger partial charge on any atom is -0.282 e. The summed E-state index contributed by atoms with van der Waals surface area (Å²) in [5.41, 5.74) is 6.35. The number of aryl methyl sites for hydroxylation is 1. The van der Waals surface area contributed by atoms with Crippen molar-refractivity contribution in [2.45, 2.75) is 79.1 Å². The summed E-state index contributed by atoms with van der Waals surface area (Å²) >= 11 is 0. The van der Waals surface area contributed by atoms with E-state index in [-0.39, 0.29) is 0 Å². The van der Waals surface area contributed by atoms with Gasteiger partial charge < -0.3 is 0 Å². The van der Waals surface area contributed by atoms with Gasteiger partial charge in [-0.15, -0.1) is 0 Å². The fourth-order valence-electron chi connectivity index (χ4n) is 5.38. The van der Waals surface area contributed by atoms with Crippen LogP contribution in [0.5, 0.6) is 0 Å². The molecule has 0 saturated heterocycles. The standard InChI is InChI=1S/C22H34N4/c1-21(2,3)17-8-14(18-13-24-26-20(18)10-17)11-22(4,5)16-6-7-19-15(9-16)12-23-25-19/h12-14,16-17H,6-11H2,1-5H3,(H,23,25)(H,24,26). The Balaban J connectivity index is 1.54. The van der Waals surface area contributed by atoms with E-state index in [0.29, 0.717) is 16.7 Å². The van der Waals surface area contributed by atoms with Gasteiger partial charge in [-0.1, -0.05) is 34.6 Å². The number of H-pyrrole nitrogens is 2. The van der Waals surface area contributed by atoms with E-state index in [2.05, 4.69) is 61.2 Å². The van der Waals surface area contributed by atoms with Gasteiger partial charge in [-0.3, -0.25) is 10.2 Å². The van der Waals surface area contributed by atoms with E-state index in [9.17, 15) is 0 Å². The molecule has 2 N–H and O–H groups in total. The largest absolute Gasteiger partial charge is 0.282 e. The summed E-state index contributed by atoms with van der Waals surface area (Å²) < 4.78 is 0. The SMILES string of the molecule is CC(C)(C)C1Cc2[nH]ncc2C(CC(C)(C)C2CCc3[nH]ncc3C2)C1. The lowest BCUT2D eigenvalue weighted by Gasteiger charge is -2.43. The zero-order chi connectivity index (χ0) is 18.5. The molecule has 0 radical (unpaired) electrons. The maximum atomic E-state index is 4.40. The lowest BCUT2D eigenvalue weighted by Crippen LogP contribution is -2.34. The maximum Gasteiger partial charge on any atom is 0.0524 e. The van der Waals surface area contributed by atoms with E-state index in [0.717, 1.165) is 24.7 Å². The van der Waals surface area contributed by atoms with Crippen molar-refractivity contribution in [2.75, 3.05) is 0 Å². The fraction of sp³-hybridized carbons (Fsp3) is 0.727. The fourth-order valence-corrected chi connectivity index (χ4v) is 5.38. The van der Waals surface area contributed by atoms with Crippen LogP contribution in [-0.2, 0) is 19.3 Å². The van der Waals surface area contributed by atoms with Crippen molar-refractivity contribution < 1.29 is 0 Å². The molecule has 2 heterocycles. The van der Waals surface area contributed by atoms with Crippen molar-refractivity contribution in [1.82, 2.24) is 20.4 Å². The summed E-state index contributed by atoms with van der Waals surface area (Å²) in [6.07, 6.45) is 11.4. The smallest absolute Gasteiger partial charge is 0.0524 e. The molecule has 0 amide bonds. The Hall–Kier alpha value is -1.58. The highest BCUT2D eigenvalue weighted by Crippen LogP contribution is 2.49.